The molecule has 1 heterocycles. The van der Waals surface area contributed by atoms with Crippen LogP contribution in [-0.2, 0) is 20.7 Å². The number of anilines is 1. The summed E-state index contributed by atoms with van der Waals surface area (Å²) < 4.78 is 10.3. The highest BCUT2D eigenvalue weighted by Crippen LogP contribution is 2.24. The summed E-state index contributed by atoms with van der Waals surface area (Å²) in [6.07, 6.45) is 1.28. The van der Waals surface area contributed by atoms with Crippen LogP contribution in [0.3, 0.4) is 0 Å². The van der Waals surface area contributed by atoms with Gasteiger partial charge in [-0.05, 0) is 102 Å². The van der Waals surface area contributed by atoms with Crippen LogP contribution in [0.5, 0.6) is 0 Å². The topological polar surface area (TPSA) is 121 Å². The van der Waals surface area contributed by atoms with Crippen LogP contribution < -0.4 is 10.6 Å². The van der Waals surface area contributed by atoms with Gasteiger partial charge in [-0.1, -0.05) is 11.8 Å². The van der Waals surface area contributed by atoms with Crippen molar-refractivity contribution in [2.75, 3.05) is 25.0 Å². The first-order chi connectivity index (χ1) is 19.4. The Morgan fingerprint density at radius 3 is 2.46 bits per heavy atom. The highest BCUT2D eigenvalue weighted by Gasteiger charge is 2.28. The number of amides is 2. The lowest BCUT2D eigenvalue weighted by atomic mass is 9.96. The van der Waals surface area contributed by atoms with E-state index in [1.54, 1.807) is 52.0 Å². The monoisotopic (exact) mass is 560 g/mol. The number of carbonyl (C=O) groups is 3. The number of alkyl carbamates (subject to hydrolysis) is 1. The molecule has 0 saturated carbocycles. The van der Waals surface area contributed by atoms with Gasteiger partial charge in [0.25, 0.3) is 5.91 Å². The Morgan fingerprint density at radius 2 is 1.85 bits per heavy atom. The zero-order valence-electron chi connectivity index (χ0n) is 24.8. The van der Waals surface area contributed by atoms with E-state index in [1.807, 2.05) is 30.9 Å². The second kappa shape index (κ2) is 13.8. The fourth-order valence-electron chi connectivity index (χ4n) is 4.51. The highest BCUT2D eigenvalue weighted by atomic mass is 16.6. The van der Waals surface area contributed by atoms with E-state index in [0.717, 1.165) is 29.7 Å². The Balaban J connectivity index is 1.68. The van der Waals surface area contributed by atoms with E-state index in [9.17, 15) is 14.4 Å². The largest absolute Gasteiger partial charge is 0.466 e. The molecule has 41 heavy (non-hydrogen) atoms. The van der Waals surface area contributed by atoms with E-state index in [0.29, 0.717) is 29.8 Å². The van der Waals surface area contributed by atoms with Gasteiger partial charge in [-0.15, -0.1) is 0 Å². The third kappa shape index (κ3) is 9.10. The van der Waals surface area contributed by atoms with Crippen LogP contribution in [0.2, 0.25) is 0 Å². The molecule has 1 unspecified atom stereocenters. The number of aryl methyl sites for hydroxylation is 1. The summed E-state index contributed by atoms with van der Waals surface area (Å²) in [6.45, 7) is 12.3. The maximum atomic E-state index is 13.4. The van der Waals surface area contributed by atoms with E-state index in [1.165, 1.54) is 0 Å². The van der Waals surface area contributed by atoms with Crippen molar-refractivity contribution in [1.29, 1.82) is 5.41 Å². The smallest absolute Gasteiger partial charge is 0.413 e. The molecule has 3 N–H and O–H groups in total. The summed E-state index contributed by atoms with van der Waals surface area (Å²) >= 11 is 0. The van der Waals surface area contributed by atoms with Crippen LogP contribution in [-0.4, -0.2) is 60.0 Å². The summed E-state index contributed by atoms with van der Waals surface area (Å²) in [5, 5.41) is 13.7. The second-order valence-electron chi connectivity index (χ2n) is 11.0. The Morgan fingerprint density at radius 1 is 1.15 bits per heavy atom. The van der Waals surface area contributed by atoms with Crippen molar-refractivity contribution >= 4 is 29.5 Å². The van der Waals surface area contributed by atoms with Gasteiger partial charge in [0.2, 0.25) is 0 Å². The molecule has 1 aliphatic rings. The van der Waals surface area contributed by atoms with Crippen LogP contribution in [0, 0.1) is 24.2 Å². The number of esters is 1. The van der Waals surface area contributed by atoms with Gasteiger partial charge in [-0.25, -0.2) is 4.79 Å². The molecule has 9 heteroatoms. The summed E-state index contributed by atoms with van der Waals surface area (Å²) in [5.74, 6) is 5.77. The Labute approximate surface area is 242 Å². The first-order valence-corrected chi connectivity index (χ1v) is 13.9. The molecule has 0 aliphatic carbocycles. The van der Waals surface area contributed by atoms with Crippen LogP contribution in [0.4, 0.5) is 10.5 Å². The molecule has 1 aliphatic heterocycles. The molecule has 1 fully saturated rings. The van der Waals surface area contributed by atoms with E-state index in [4.69, 9.17) is 14.9 Å². The number of benzene rings is 2. The SMILES string of the molecule is CCOC(=O)Cc1cc(C#CCNc2ccc(C(=N)NC(=O)OC(C)(C)C)cc2)c(C)cc1C(=O)N1CCCC1C. The van der Waals surface area contributed by atoms with Gasteiger partial charge in [0.05, 0.1) is 19.6 Å². The molecular weight excluding hydrogens is 520 g/mol. The van der Waals surface area contributed by atoms with Crippen molar-refractivity contribution in [2.45, 2.75) is 72.4 Å². The van der Waals surface area contributed by atoms with E-state index in [-0.39, 0.29) is 36.8 Å². The van der Waals surface area contributed by atoms with Crippen molar-refractivity contribution in [3.05, 3.63) is 64.2 Å². The first kappa shape index (κ1) is 31.2. The molecule has 218 valence electrons. The van der Waals surface area contributed by atoms with Gasteiger partial charge < -0.3 is 19.7 Å². The predicted molar refractivity (Wildman–Crippen MR) is 159 cm³/mol. The quantitative estimate of drug-likeness (QED) is 0.189. The van der Waals surface area contributed by atoms with Gasteiger partial charge >= 0.3 is 12.1 Å². The zero-order valence-corrected chi connectivity index (χ0v) is 24.8. The molecule has 1 atom stereocenters. The Hall–Kier alpha value is -4.32. The fraction of sp³-hybridized carbons (Fsp3) is 0.438. The highest BCUT2D eigenvalue weighted by molar-refractivity contribution is 6.04. The number of likely N-dealkylation sites (tertiary alicyclic amines) is 1. The molecule has 0 spiro atoms. The minimum atomic E-state index is -0.677. The van der Waals surface area contributed by atoms with Gasteiger partial charge in [0.1, 0.15) is 11.4 Å². The number of rotatable bonds is 7. The van der Waals surface area contributed by atoms with Crippen molar-refractivity contribution in [3.8, 4) is 11.8 Å². The molecule has 0 aromatic heterocycles. The number of hydrogen-bond donors (Lipinski definition) is 3. The maximum absolute atomic E-state index is 13.4. The number of nitrogens with zero attached hydrogens (tertiary/aromatic N) is 1. The summed E-state index contributed by atoms with van der Waals surface area (Å²) in [7, 11) is 0. The van der Waals surface area contributed by atoms with Crippen LogP contribution >= 0.6 is 0 Å². The van der Waals surface area contributed by atoms with Gasteiger partial charge in [0, 0.05) is 35.0 Å². The fourth-order valence-corrected chi connectivity index (χ4v) is 4.51. The van der Waals surface area contributed by atoms with Gasteiger partial charge in [0.15, 0.2) is 0 Å². The number of carbonyl (C=O) groups excluding carboxylic acids is 3. The molecular formula is C32H40N4O5. The first-order valence-electron chi connectivity index (χ1n) is 13.9. The minimum absolute atomic E-state index is 0.00842. The summed E-state index contributed by atoms with van der Waals surface area (Å²) in [4.78, 5) is 39.5. The van der Waals surface area contributed by atoms with Crippen molar-refractivity contribution in [2.24, 2.45) is 0 Å². The summed E-state index contributed by atoms with van der Waals surface area (Å²) in [5.41, 5.74) is 3.44. The average Bonchev–Trinajstić information content (AvgIpc) is 3.32. The molecule has 0 bridgehead atoms. The van der Waals surface area contributed by atoms with Crippen molar-refractivity contribution in [3.63, 3.8) is 0 Å². The number of hydrogen-bond acceptors (Lipinski definition) is 7. The standard InChI is InChI=1S/C32H40N4O5/c1-7-40-28(37)20-25-19-24(21(2)18-27(25)30(38)36-17-9-10-22(36)3)11-8-16-34-26-14-12-23(13-15-26)29(33)35-31(39)41-32(4,5)6/h12-15,18-19,22,34H,7,9-10,16-17,20H2,1-6H3,(H2,33,35,39). The number of nitrogens with one attached hydrogen (secondary N) is 3. The normalized spacial score (nSPS) is 14.5. The number of ether oxygens (including phenoxy) is 2. The average molecular weight is 561 g/mol. The van der Waals surface area contributed by atoms with E-state index >= 15 is 0 Å². The third-order valence-electron chi connectivity index (χ3n) is 6.54. The molecule has 3 rings (SSSR count). The minimum Gasteiger partial charge on any atom is -0.466 e. The molecule has 9 nitrogen and oxygen atoms in total. The van der Waals surface area contributed by atoms with E-state index < -0.39 is 11.7 Å². The lowest BCUT2D eigenvalue weighted by Gasteiger charge is -2.23. The molecule has 2 amide bonds. The van der Waals surface area contributed by atoms with Crippen molar-refractivity contribution in [1.82, 2.24) is 10.2 Å². The lowest BCUT2D eigenvalue weighted by molar-refractivity contribution is -0.142. The Bertz CT molecular complexity index is 1350. The van der Waals surface area contributed by atoms with Crippen LogP contribution in [0.15, 0.2) is 36.4 Å². The summed E-state index contributed by atoms with van der Waals surface area (Å²) in [6, 6.07) is 10.9. The predicted octanol–water partition coefficient (Wildman–Crippen LogP) is 5.04. The number of amidine groups is 1. The van der Waals surface area contributed by atoms with Gasteiger partial charge in [-0.2, -0.15) is 0 Å². The van der Waals surface area contributed by atoms with Crippen LogP contribution in [0.1, 0.15) is 80.1 Å². The second-order valence-corrected chi connectivity index (χ2v) is 11.0. The molecule has 2 aromatic rings. The zero-order chi connectivity index (χ0) is 30.2. The molecule has 0 radical (unpaired) electrons. The Kier molecular flexibility index (Phi) is 10.5. The molecule has 1 saturated heterocycles. The van der Waals surface area contributed by atoms with Crippen molar-refractivity contribution < 1.29 is 23.9 Å². The maximum Gasteiger partial charge on any atom is 0.413 e. The molecule has 2 aromatic carbocycles. The third-order valence-corrected chi connectivity index (χ3v) is 6.54. The lowest BCUT2D eigenvalue weighted by Crippen LogP contribution is -2.36. The van der Waals surface area contributed by atoms with E-state index in [2.05, 4.69) is 22.5 Å². The van der Waals surface area contributed by atoms with Crippen LogP contribution in [0.25, 0.3) is 0 Å². The van der Waals surface area contributed by atoms with Gasteiger partial charge in [-0.3, -0.25) is 20.3 Å².